The highest BCUT2D eigenvalue weighted by atomic mass is 16.3. The maximum absolute atomic E-state index is 10.5. The molecule has 17 heavy (non-hydrogen) atoms. The molecular formula is C13H25N3O. The molecule has 1 unspecified atom stereocenters. The zero-order valence-corrected chi connectivity index (χ0v) is 11.0. The monoisotopic (exact) mass is 239 g/mol. The first-order valence-corrected chi connectivity index (χ1v) is 6.68. The molecule has 2 rings (SSSR count). The van der Waals surface area contributed by atoms with Crippen LogP contribution >= 0.6 is 0 Å². The Kier molecular flexibility index (Phi) is 3.34. The summed E-state index contributed by atoms with van der Waals surface area (Å²) in [5, 5.41) is 13.7. The molecule has 4 nitrogen and oxygen atoms in total. The van der Waals surface area contributed by atoms with E-state index in [-0.39, 0.29) is 5.41 Å². The molecular weight excluding hydrogens is 214 g/mol. The fourth-order valence-corrected chi connectivity index (χ4v) is 2.81. The van der Waals surface area contributed by atoms with Gasteiger partial charge in [-0.3, -0.25) is 4.99 Å². The minimum Gasteiger partial charge on any atom is -0.388 e. The van der Waals surface area contributed by atoms with Crippen LogP contribution in [0.15, 0.2) is 4.99 Å². The van der Waals surface area contributed by atoms with Gasteiger partial charge in [0.25, 0.3) is 0 Å². The molecule has 0 spiro atoms. The molecule has 0 heterocycles. The molecule has 0 aromatic heterocycles. The molecule has 0 saturated heterocycles. The van der Waals surface area contributed by atoms with Crippen LogP contribution in [0.25, 0.3) is 0 Å². The van der Waals surface area contributed by atoms with Gasteiger partial charge in [0.05, 0.1) is 12.1 Å². The molecule has 0 aliphatic heterocycles. The van der Waals surface area contributed by atoms with E-state index in [4.69, 9.17) is 5.73 Å². The zero-order chi connectivity index (χ0) is 12.5. The molecule has 98 valence electrons. The summed E-state index contributed by atoms with van der Waals surface area (Å²) < 4.78 is 0. The minimum absolute atomic E-state index is 0.223. The average molecular weight is 239 g/mol. The summed E-state index contributed by atoms with van der Waals surface area (Å²) in [5.74, 6) is 0.490. The zero-order valence-electron chi connectivity index (χ0n) is 11.0. The number of hydrogen-bond donors (Lipinski definition) is 3. The molecule has 0 amide bonds. The highest BCUT2D eigenvalue weighted by Crippen LogP contribution is 2.40. The van der Waals surface area contributed by atoms with E-state index >= 15 is 0 Å². The van der Waals surface area contributed by atoms with Crippen LogP contribution in [0.5, 0.6) is 0 Å². The Morgan fingerprint density at radius 1 is 1.41 bits per heavy atom. The Morgan fingerprint density at radius 2 is 2.12 bits per heavy atom. The molecule has 2 aliphatic carbocycles. The van der Waals surface area contributed by atoms with Crippen LogP contribution in [-0.4, -0.2) is 29.3 Å². The van der Waals surface area contributed by atoms with Gasteiger partial charge < -0.3 is 16.2 Å². The molecule has 0 radical (unpaired) electrons. The largest absolute Gasteiger partial charge is 0.388 e. The number of nitrogens with two attached hydrogens (primary N) is 1. The van der Waals surface area contributed by atoms with Crippen LogP contribution in [0.1, 0.15) is 52.4 Å². The smallest absolute Gasteiger partial charge is 0.188 e. The number of nitrogens with one attached hydrogen (secondary N) is 1. The van der Waals surface area contributed by atoms with Crippen molar-refractivity contribution in [3.05, 3.63) is 0 Å². The Labute approximate surface area is 104 Å². The number of nitrogens with zero attached hydrogens (tertiary/aromatic N) is 1. The molecule has 2 saturated carbocycles. The van der Waals surface area contributed by atoms with Crippen molar-refractivity contribution in [1.82, 2.24) is 5.32 Å². The maximum Gasteiger partial charge on any atom is 0.188 e. The summed E-state index contributed by atoms with van der Waals surface area (Å²) in [5.41, 5.74) is 5.35. The molecule has 2 aliphatic rings. The fourth-order valence-electron chi connectivity index (χ4n) is 2.81. The first kappa shape index (κ1) is 12.7. The highest BCUT2D eigenvalue weighted by Gasteiger charge is 2.38. The van der Waals surface area contributed by atoms with E-state index in [0.717, 1.165) is 19.3 Å². The van der Waals surface area contributed by atoms with Gasteiger partial charge in [-0.1, -0.05) is 13.8 Å². The summed E-state index contributed by atoms with van der Waals surface area (Å²) in [7, 11) is 0. The van der Waals surface area contributed by atoms with Gasteiger partial charge in [0.1, 0.15) is 0 Å². The van der Waals surface area contributed by atoms with Gasteiger partial charge in [-0.2, -0.15) is 0 Å². The van der Waals surface area contributed by atoms with E-state index in [1.807, 2.05) is 0 Å². The normalized spacial score (nSPS) is 33.5. The topological polar surface area (TPSA) is 70.6 Å². The van der Waals surface area contributed by atoms with Gasteiger partial charge in [0, 0.05) is 6.04 Å². The van der Waals surface area contributed by atoms with E-state index in [9.17, 15) is 5.11 Å². The average Bonchev–Trinajstić information content (AvgIpc) is 2.97. The highest BCUT2D eigenvalue weighted by molar-refractivity contribution is 5.78. The lowest BCUT2D eigenvalue weighted by Gasteiger charge is -2.40. The molecule has 0 aromatic carbocycles. The van der Waals surface area contributed by atoms with Crippen molar-refractivity contribution in [1.29, 1.82) is 0 Å². The van der Waals surface area contributed by atoms with Crippen molar-refractivity contribution in [2.45, 2.75) is 64.0 Å². The van der Waals surface area contributed by atoms with Crippen molar-refractivity contribution >= 4 is 5.96 Å². The van der Waals surface area contributed by atoms with Gasteiger partial charge in [-0.25, -0.2) is 0 Å². The van der Waals surface area contributed by atoms with Crippen LogP contribution in [-0.2, 0) is 0 Å². The van der Waals surface area contributed by atoms with Gasteiger partial charge in [0.2, 0.25) is 0 Å². The number of rotatable bonds is 3. The van der Waals surface area contributed by atoms with Gasteiger partial charge >= 0.3 is 0 Å². The van der Waals surface area contributed by atoms with Crippen LogP contribution in [0.3, 0.4) is 0 Å². The van der Waals surface area contributed by atoms with Crippen LogP contribution in [0.2, 0.25) is 0 Å². The third-order valence-electron chi connectivity index (χ3n) is 3.78. The maximum atomic E-state index is 10.5. The molecule has 0 bridgehead atoms. The van der Waals surface area contributed by atoms with Crippen LogP contribution in [0.4, 0.5) is 0 Å². The number of aliphatic hydroxyl groups is 1. The Morgan fingerprint density at radius 3 is 2.71 bits per heavy atom. The first-order valence-electron chi connectivity index (χ1n) is 6.68. The van der Waals surface area contributed by atoms with E-state index in [0.29, 0.717) is 18.5 Å². The van der Waals surface area contributed by atoms with Gasteiger partial charge in [-0.15, -0.1) is 0 Å². The molecule has 4 N–H and O–H groups in total. The van der Waals surface area contributed by atoms with Crippen LogP contribution in [0, 0.1) is 5.41 Å². The fraction of sp³-hybridized carbons (Fsp3) is 0.923. The second kappa shape index (κ2) is 4.48. The predicted octanol–water partition coefficient (Wildman–Crippen LogP) is 1.38. The summed E-state index contributed by atoms with van der Waals surface area (Å²) in [6.07, 6.45) is 6.31. The SMILES string of the molecule is CC1(C)CCCC(O)(CN=C(N)NC2CC2)C1. The van der Waals surface area contributed by atoms with Crippen molar-refractivity contribution in [3.63, 3.8) is 0 Å². The van der Waals surface area contributed by atoms with Crippen molar-refractivity contribution < 1.29 is 5.11 Å². The number of hydrogen-bond acceptors (Lipinski definition) is 2. The Hall–Kier alpha value is -0.770. The summed E-state index contributed by atoms with van der Waals surface area (Å²) in [4.78, 5) is 4.30. The second-order valence-corrected chi connectivity index (χ2v) is 6.54. The molecule has 4 heteroatoms. The van der Waals surface area contributed by atoms with E-state index in [1.165, 1.54) is 19.3 Å². The van der Waals surface area contributed by atoms with Crippen LogP contribution < -0.4 is 11.1 Å². The Balaban J connectivity index is 1.87. The van der Waals surface area contributed by atoms with Crippen molar-refractivity contribution in [2.75, 3.05) is 6.54 Å². The molecule has 1 atom stereocenters. The lowest BCUT2D eigenvalue weighted by atomic mass is 9.70. The molecule has 0 aromatic rings. The second-order valence-electron chi connectivity index (χ2n) is 6.54. The van der Waals surface area contributed by atoms with E-state index in [2.05, 4.69) is 24.2 Å². The minimum atomic E-state index is -0.655. The lowest BCUT2D eigenvalue weighted by molar-refractivity contribution is -0.0307. The summed E-state index contributed by atoms with van der Waals surface area (Å²) in [6, 6.07) is 0.524. The predicted molar refractivity (Wildman–Crippen MR) is 69.8 cm³/mol. The van der Waals surface area contributed by atoms with Crippen molar-refractivity contribution in [2.24, 2.45) is 16.1 Å². The quantitative estimate of drug-likeness (QED) is 0.515. The third kappa shape index (κ3) is 3.87. The Bertz CT molecular complexity index is 310. The van der Waals surface area contributed by atoms with E-state index < -0.39 is 5.60 Å². The lowest BCUT2D eigenvalue weighted by Crippen LogP contribution is -2.43. The summed E-state index contributed by atoms with van der Waals surface area (Å²) >= 11 is 0. The number of guanidine groups is 1. The van der Waals surface area contributed by atoms with Gasteiger partial charge in [-0.05, 0) is 43.9 Å². The standard InChI is InChI=1S/C13H25N3O/c1-12(2)6-3-7-13(17,8-12)9-15-11(14)16-10-4-5-10/h10,17H,3-9H2,1-2H3,(H3,14,15,16). The van der Waals surface area contributed by atoms with Crippen molar-refractivity contribution in [3.8, 4) is 0 Å². The number of aliphatic imine (C=N–C) groups is 1. The third-order valence-corrected chi connectivity index (χ3v) is 3.78. The van der Waals surface area contributed by atoms with E-state index in [1.54, 1.807) is 0 Å². The molecule has 2 fully saturated rings. The summed E-state index contributed by atoms with van der Waals surface area (Å²) in [6.45, 7) is 4.86. The van der Waals surface area contributed by atoms with Gasteiger partial charge in [0.15, 0.2) is 5.96 Å². The first-order chi connectivity index (χ1) is 7.89.